The summed E-state index contributed by atoms with van der Waals surface area (Å²) in [6, 6.07) is 0.887. The molecule has 1 aromatic carbocycles. The summed E-state index contributed by atoms with van der Waals surface area (Å²) in [5, 5.41) is 0. The van der Waals surface area contributed by atoms with Crippen molar-refractivity contribution in [2.45, 2.75) is 11.1 Å². The van der Waals surface area contributed by atoms with E-state index in [9.17, 15) is 30.4 Å². The second-order valence-corrected chi connectivity index (χ2v) is 5.70. The third-order valence-corrected chi connectivity index (χ3v) is 4.06. The molecule has 10 heteroatoms. The van der Waals surface area contributed by atoms with E-state index < -0.39 is 43.7 Å². The van der Waals surface area contributed by atoms with Crippen LogP contribution in [0.2, 0.25) is 0 Å². The van der Waals surface area contributed by atoms with Crippen molar-refractivity contribution < 1.29 is 30.4 Å². The maximum atomic E-state index is 13.3. The Morgan fingerprint density at radius 1 is 1.22 bits per heavy atom. The van der Waals surface area contributed by atoms with Gasteiger partial charge in [0.25, 0.3) is 0 Å². The molecule has 0 aliphatic rings. The fourth-order valence-corrected chi connectivity index (χ4v) is 3.21. The van der Waals surface area contributed by atoms with E-state index in [1.54, 1.807) is 0 Å². The molecule has 1 aromatic rings. The minimum atomic E-state index is -4.78. The fraction of sp³-hybridized carbons (Fsp3) is 0.250. The Morgan fingerprint density at radius 3 is 2.22 bits per heavy atom. The van der Waals surface area contributed by atoms with Crippen LogP contribution in [0.5, 0.6) is 0 Å². The first-order chi connectivity index (χ1) is 8.03. The van der Waals surface area contributed by atoms with Crippen molar-refractivity contribution in [2.24, 2.45) is 0 Å². The lowest BCUT2D eigenvalue weighted by atomic mass is 10.3. The third-order valence-electron chi connectivity index (χ3n) is 1.69. The molecule has 1 rings (SSSR count). The van der Waals surface area contributed by atoms with Crippen molar-refractivity contribution in [2.75, 3.05) is 6.54 Å². The van der Waals surface area contributed by atoms with Gasteiger partial charge in [0.2, 0.25) is 10.0 Å². The van der Waals surface area contributed by atoms with E-state index in [0.717, 1.165) is 0 Å². The maximum absolute atomic E-state index is 13.3. The molecule has 18 heavy (non-hydrogen) atoms. The predicted molar refractivity (Wildman–Crippen MR) is 55.3 cm³/mol. The van der Waals surface area contributed by atoms with Crippen molar-refractivity contribution >= 4 is 26.0 Å². The molecular weight excluding hydrogens is 349 g/mol. The average Bonchev–Trinajstić information content (AvgIpc) is 2.11. The van der Waals surface area contributed by atoms with Gasteiger partial charge in [-0.25, -0.2) is 21.9 Å². The molecule has 0 unspecified atom stereocenters. The summed E-state index contributed by atoms with van der Waals surface area (Å²) >= 11 is 2.57. The number of hydrogen-bond acceptors (Lipinski definition) is 2. The highest BCUT2D eigenvalue weighted by molar-refractivity contribution is 9.10. The van der Waals surface area contributed by atoms with Crippen LogP contribution >= 0.6 is 15.9 Å². The summed E-state index contributed by atoms with van der Waals surface area (Å²) in [4.78, 5) is -1.08. The fourth-order valence-electron chi connectivity index (χ4n) is 1.03. The summed E-state index contributed by atoms with van der Waals surface area (Å²) in [5.41, 5.74) is 0. The number of sulfonamides is 1. The smallest absolute Gasteiger partial charge is 0.207 e. The Hall–Kier alpha value is -0.740. The van der Waals surface area contributed by atoms with E-state index >= 15 is 0 Å². The topological polar surface area (TPSA) is 46.2 Å². The molecule has 102 valence electrons. The molecule has 0 bridgehead atoms. The lowest BCUT2D eigenvalue weighted by molar-refractivity contribution is -0.121. The second-order valence-electron chi connectivity index (χ2n) is 3.14. The summed E-state index contributed by atoms with van der Waals surface area (Å²) in [6.07, 6.45) is -4.78. The molecule has 0 spiro atoms. The van der Waals surface area contributed by atoms with E-state index in [1.165, 1.54) is 4.72 Å². The number of alkyl halides is 3. The zero-order valence-electron chi connectivity index (χ0n) is 8.35. The standard InChI is InChI=1S/C8H5BrF5NO2S/c9-5-1-4(10)2-6(11)7(5)18(16,17)15-3-8(12,13)14/h1-2,15H,3H2. The van der Waals surface area contributed by atoms with Gasteiger partial charge in [-0.2, -0.15) is 13.2 Å². The van der Waals surface area contributed by atoms with Crippen LogP contribution in [-0.2, 0) is 10.0 Å². The summed E-state index contributed by atoms with van der Waals surface area (Å²) in [5.74, 6) is -2.55. The maximum Gasteiger partial charge on any atom is 0.402 e. The van der Waals surface area contributed by atoms with Gasteiger partial charge in [-0.05, 0) is 22.0 Å². The van der Waals surface area contributed by atoms with Crippen LogP contribution in [0.15, 0.2) is 21.5 Å². The molecule has 0 aromatic heterocycles. The van der Waals surface area contributed by atoms with Gasteiger partial charge in [-0.3, -0.25) is 0 Å². The normalized spacial score (nSPS) is 12.8. The van der Waals surface area contributed by atoms with Gasteiger partial charge in [0, 0.05) is 10.5 Å². The Kier molecular flexibility index (Phi) is 4.34. The molecule has 0 saturated heterocycles. The Labute approximate surface area is 107 Å². The first-order valence-electron chi connectivity index (χ1n) is 4.24. The largest absolute Gasteiger partial charge is 0.402 e. The molecule has 0 aliphatic carbocycles. The second kappa shape index (κ2) is 5.10. The van der Waals surface area contributed by atoms with Crippen LogP contribution < -0.4 is 4.72 Å². The number of hydrogen-bond donors (Lipinski definition) is 1. The molecule has 1 N–H and O–H groups in total. The molecule has 0 aliphatic heterocycles. The van der Waals surface area contributed by atoms with E-state index in [0.29, 0.717) is 6.07 Å². The van der Waals surface area contributed by atoms with Gasteiger partial charge in [0.05, 0.1) is 0 Å². The van der Waals surface area contributed by atoms with Crippen LogP contribution in [0.1, 0.15) is 0 Å². The first kappa shape index (κ1) is 15.3. The van der Waals surface area contributed by atoms with Gasteiger partial charge in [0.1, 0.15) is 23.1 Å². The van der Waals surface area contributed by atoms with Crippen LogP contribution in [0.3, 0.4) is 0 Å². The van der Waals surface area contributed by atoms with Crippen LogP contribution in [0.25, 0.3) is 0 Å². The number of benzene rings is 1. The van der Waals surface area contributed by atoms with Gasteiger partial charge < -0.3 is 0 Å². The van der Waals surface area contributed by atoms with Gasteiger partial charge in [0.15, 0.2) is 0 Å². The van der Waals surface area contributed by atoms with Crippen LogP contribution in [-0.4, -0.2) is 21.1 Å². The highest BCUT2D eigenvalue weighted by atomic mass is 79.9. The van der Waals surface area contributed by atoms with Crippen molar-refractivity contribution in [3.63, 3.8) is 0 Å². The van der Waals surface area contributed by atoms with Gasteiger partial charge >= 0.3 is 6.18 Å². The third kappa shape index (κ3) is 3.89. The number of nitrogens with one attached hydrogen (secondary N) is 1. The molecule has 0 fully saturated rings. The molecule has 3 nitrogen and oxygen atoms in total. The van der Waals surface area contributed by atoms with Gasteiger partial charge in [-0.1, -0.05) is 0 Å². The highest BCUT2D eigenvalue weighted by Crippen LogP contribution is 2.26. The van der Waals surface area contributed by atoms with Crippen molar-refractivity contribution in [1.82, 2.24) is 4.72 Å². The lowest BCUT2D eigenvalue weighted by Crippen LogP contribution is -2.34. The van der Waals surface area contributed by atoms with E-state index in [2.05, 4.69) is 15.9 Å². The number of halogens is 6. The Bertz CT molecular complexity index is 534. The van der Waals surface area contributed by atoms with E-state index in [1.807, 2.05) is 0 Å². The SMILES string of the molecule is O=S(=O)(NCC(F)(F)F)c1c(F)cc(F)cc1Br. The highest BCUT2D eigenvalue weighted by Gasteiger charge is 2.32. The summed E-state index contributed by atoms with van der Waals surface area (Å²) in [6.45, 7) is -1.85. The van der Waals surface area contributed by atoms with Crippen LogP contribution in [0.4, 0.5) is 22.0 Å². The minimum absolute atomic E-state index is 0.257. The molecule has 0 saturated carbocycles. The molecular formula is C8H5BrF5NO2S. The quantitative estimate of drug-likeness (QED) is 0.849. The van der Waals surface area contributed by atoms with E-state index in [-0.39, 0.29) is 6.07 Å². The molecule has 0 amide bonds. The van der Waals surface area contributed by atoms with Crippen molar-refractivity contribution in [3.8, 4) is 0 Å². The first-order valence-corrected chi connectivity index (χ1v) is 6.51. The summed E-state index contributed by atoms with van der Waals surface area (Å²) < 4.78 is 85.1. The minimum Gasteiger partial charge on any atom is -0.207 e. The lowest BCUT2D eigenvalue weighted by Gasteiger charge is -2.11. The number of rotatable bonds is 3. The predicted octanol–water partition coefficient (Wildman–Crippen LogP) is 2.57. The summed E-state index contributed by atoms with van der Waals surface area (Å²) in [7, 11) is -4.73. The molecule has 0 heterocycles. The molecule has 0 radical (unpaired) electrons. The van der Waals surface area contributed by atoms with Crippen LogP contribution in [0, 0.1) is 11.6 Å². The molecule has 0 atom stereocenters. The van der Waals surface area contributed by atoms with Gasteiger partial charge in [-0.15, -0.1) is 0 Å². The Morgan fingerprint density at radius 2 is 1.78 bits per heavy atom. The monoisotopic (exact) mass is 353 g/mol. The van der Waals surface area contributed by atoms with Crippen molar-refractivity contribution in [3.05, 3.63) is 28.2 Å². The van der Waals surface area contributed by atoms with Crippen molar-refractivity contribution in [1.29, 1.82) is 0 Å². The zero-order valence-corrected chi connectivity index (χ0v) is 10.8. The average molecular weight is 354 g/mol. The zero-order chi connectivity index (χ0) is 14.1. The Balaban J connectivity index is 3.14. The van der Waals surface area contributed by atoms with E-state index in [4.69, 9.17) is 0 Å².